The minimum Gasteiger partial charge on any atom is -0.326 e. The minimum absolute atomic E-state index is 0.0132. The molecule has 0 aromatic heterocycles. The topological polar surface area (TPSA) is 86.8 Å². The van der Waals surface area contributed by atoms with Gasteiger partial charge in [0.15, 0.2) is 0 Å². The van der Waals surface area contributed by atoms with E-state index in [4.69, 9.17) is 0 Å². The van der Waals surface area contributed by atoms with Gasteiger partial charge in [-0.15, -0.1) is 0 Å². The third kappa shape index (κ3) is 4.92. The molecule has 34 heavy (non-hydrogen) atoms. The van der Waals surface area contributed by atoms with Crippen molar-refractivity contribution in [3.05, 3.63) is 52.0 Å². The molecule has 2 amide bonds. The molecule has 0 aliphatic carbocycles. The Morgan fingerprint density at radius 2 is 1.82 bits per heavy atom. The first-order valence-electron chi connectivity index (χ1n) is 11.8. The molecule has 1 fully saturated rings. The zero-order valence-corrected chi connectivity index (χ0v) is 21.9. The summed E-state index contributed by atoms with van der Waals surface area (Å²) in [6.07, 6.45) is 2.89. The smallest absolute Gasteiger partial charge is 0.244 e. The fourth-order valence-electron chi connectivity index (χ4n) is 4.65. The summed E-state index contributed by atoms with van der Waals surface area (Å²) in [7, 11) is -3.77. The standard InChI is InChI=1S/C25H30BrN3O4S/c1-3-17-6-5-7-20(14-17)27-25(31)18-8-11-28(12-9-18)34(32,33)23-16-22-19(15-21(23)26)10-13-29(22)24(30)4-2/h5-7,14-16,18H,3-4,8-13H2,1-2H3,(H,27,31). The van der Waals surface area contributed by atoms with Crippen LogP contribution in [0, 0.1) is 5.92 Å². The van der Waals surface area contributed by atoms with Crippen molar-refractivity contribution in [3.63, 3.8) is 0 Å². The number of carbonyl (C=O) groups excluding carboxylic acids is 2. The van der Waals surface area contributed by atoms with E-state index in [2.05, 4.69) is 28.2 Å². The van der Waals surface area contributed by atoms with E-state index in [0.29, 0.717) is 42.4 Å². The number of piperidine rings is 1. The molecular formula is C25H30BrN3O4S. The largest absolute Gasteiger partial charge is 0.326 e. The number of hydrogen-bond acceptors (Lipinski definition) is 4. The van der Waals surface area contributed by atoms with Gasteiger partial charge in [0.25, 0.3) is 0 Å². The molecule has 2 heterocycles. The Morgan fingerprint density at radius 3 is 2.50 bits per heavy atom. The van der Waals surface area contributed by atoms with Crippen molar-refractivity contribution in [1.82, 2.24) is 4.31 Å². The zero-order valence-electron chi connectivity index (χ0n) is 19.5. The Morgan fingerprint density at radius 1 is 1.09 bits per heavy atom. The summed E-state index contributed by atoms with van der Waals surface area (Å²) in [5.41, 5.74) is 3.57. The average Bonchev–Trinajstić information content (AvgIpc) is 3.25. The molecule has 0 saturated carbocycles. The molecule has 9 heteroatoms. The molecule has 2 aliphatic rings. The zero-order chi connectivity index (χ0) is 24.5. The summed E-state index contributed by atoms with van der Waals surface area (Å²) in [6, 6.07) is 11.2. The van der Waals surface area contributed by atoms with Crippen molar-refractivity contribution in [2.24, 2.45) is 5.92 Å². The quantitative estimate of drug-likeness (QED) is 0.582. The molecule has 0 spiro atoms. The van der Waals surface area contributed by atoms with Gasteiger partial charge in [-0.25, -0.2) is 8.42 Å². The molecule has 1 N–H and O–H groups in total. The number of nitrogens with one attached hydrogen (secondary N) is 1. The van der Waals surface area contributed by atoms with E-state index in [9.17, 15) is 18.0 Å². The monoisotopic (exact) mass is 547 g/mol. The van der Waals surface area contributed by atoms with Crippen LogP contribution in [0.2, 0.25) is 0 Å². The predicted octanol–water partition coefficient (Wildman–Crippen LogP) is 4.35. The SMILES string of the molecule is CCC(=O)N1CCc2cc(Br)c(S(=O)(=O)N3CCC(C(=O)Nc4cccc(CC)c4)CC3)cc21. The molecule has 1 saturated heterocycles. The molecule has 0 atom stereocenters. The summed E-state index contributed by atoms with van der Waals surface area (Å²) in [6.45, 7) is 4.99. The van der Waals surface area contributed by atoms with Gasteiger partial charge < -0.3 is 10.2 Å². The number of aryl methyl sites for hydroxylation is 1. The van der Waals surface area contributed by atoms with Gasteiger partial charge in [0.05, 0.1) is 4.90 Å². The molecule has 2 aromatic carbocycles. The van der Waals surface area contributed by atoms with Crippen LogP contribution >= 0.6 is 15.9 Å². The lowest BCUT2D eigenvalue weighted by molar-refractivity contribution is -0.121. The van der Waals surface area contributed by atoms with E-state index in [1.165, 1.54) is 4.31 Å². The fourth-order valence-corrected chi connectivity index (χ4v) is 7.19. The molecule has 0 unspecified atom stereocenters. The minimum atomic E-state index is -3.77. The maximum atomic E-state index is 13.5. The summed E-state index contributed by atoms with van der Waals surface area (Å²) in [5, 5.41) is 2.98. The first-order valence-corrected chi connectivity index (χ1v) is 14.0. The molecule has 0 bridgehead atoms. The lowest BCUT2D eigenvalue weighted by atomic mass is 9.97. The molecule has 0 radical (unpaired) electrons. The number of benzene rings is 2. The second kappa shape index (κ2) is 10.2. The maximum Gasteiger partial charge on any atom is 0.244 e. The van der Waals surface area contributed by atoms with Crippen LogP contribution in [0.3, 0.4) is 0 Å². The Bertz CT molecular complexity index is 1210. The first kappa shape index (κ1) is 24.9. The van der Waals surface area contributed by atoms with Gasteiger partial charge in [0, 0.05) is 47.8 Å². The maximum absolute atomic E-state index is 13.5. The number of rotatable bonds is 6. The van der Waals surface area contributed by atoms with Gasteiger partial charge in [-0.3, -0.25) is 9.59 Å². The Kier molecular flexibility index (Phi) is 7.45. The summed E-state index contributed by atoms with van der Waals surface area (Å²) in [4.78, 5) is 26.9. The van der Waals surface area contributed by atoms with Crippen molar-refractivity contribution in [1.29, 1.82) is 0 Å². The van der Waals surface area contributed by atoms with Gasteiger partial charge >= 0.3 is 0 Å². The van der Waals surface area contributed by atoms with Crippen LogP contribution in [0.5, 0.6) is 0 Å². The first-order chi connectivity index (χ1) is 16.2. The van der Waals surface area contributed by atoms with Crippen LogP contribution in [-0.4, -0.2) is 44.2 Å². The third-order valence-corrected chi connectivity index (χ3v) is 9.53. The Labute approximate surface area is 209 Å². The summed E-state index contributed by atoms with van der Waals surface area (Å²) < 4.78 is 28.9. The molecule has 4 rings (SSSR count). The van der Waals surface area contributed by atoms with E-state index in [1.54, 1.807) is 17.9 Å². The second-order valence-electron chi connectivity index (χ2n) is 8.78. The van der Waals surface area contributed by atoms with Gasteiger partial charge in [-0.05, 0) is 77.0 Å². The highest BCUT2D eigenvalue weighted by Crippen LogP contribution is 2.37. The molecule has 2 aliphatic heterocycles. The van der Waals surface area contributed by atoms with Gasteiger partial charge in [-0.1, -0.05) is 26.0 Å². The number of fused-ring (bicyclic) bond motifs is 1. The van der Waals surface area contributed by atoms with Crippen molar-refractivity contribution >= 4 is 49.1 Å². The van der Waals surface area contributed by atoms with Crippen LogP contribution in [0.4, 0.5) is 11.4 Å². The van der Waals surface area contributed by atoms with Crippen molar-refractivity contribution < 1.29 is 18.0 Å². The number of amides is 2. The van der Waals surface area contributed by atoms with E-state index >= 15 is 0 Å². The van der Waals surface area contributed by atoms with Gasteiger partial charge in [0.1, 0.15) is 0 Å². The Balaban J connectivity index is 1.46. The van der Waals surface area contributed by atoms with Crippen LogP contribution < -0.4 is 10.2 Å². The average molecular weight is 549 g/mol. The number of sulfonamides is 1. The fraction of sp³-hybridized carbons (Fsp3) is 0.440. The van der Waals surface area contributed by atoms with Crippen molar-refractivity contribution in [2.45, 2.75) is 50.8 Å². The molecule has 7 nitrogen and oxygen atoms in total. The number of anilines is 2. The highest BCUT2D eigenvalue weighted by molar-refractivity contribution is 9.10. The number of carbonyl (C=O) groups is 2. The van der Waals surface area contributed by atoms with E-state index in [1.807, 2.05) is 30.3 Å². The van der Waals surface area contributed by atoms with Crippen LogP contribution in [-0.2, 0) is 32.5 Å². The summed E-state index contributed by atoms with van der Waals surface area (Å²) >= 11 is 3.44. The second-order valence-corrected chi connectivity index (χ2v) is 11.5. The Hall–Kier alpha value is -2.23. The lowest BCUT2D eigenvalue weighted by Gasteiger charge is -2.31. The third-order valence-electron chi connectivity index (χ3n) is 6.68. The lowest BCUT2D eigenvalue weighted by Crippen LogP contribution is -2.41. The van der Waals surface area contributed by atoms with E-state index in [0.717, 1.165) is 23.2 Å². The highest BCUT2D eigenvalue weighted by Gasteiger charge is 2.35. The van der Waals surface area contributed by atoms with Crippen LogP contribution in [0.15, 0.2) is 45.8 Å². The normalized spacial score (nSPS) is 17.0. The van der Waals surface area contributed by atoms with Crippen LogP contribution in [0.1, 0.15) is 44.2 Å². The van der Waals surface area contributed by atoms with E-state index in [-0.39, 0.29) is 35.7 Å². The van der Waals surface area contributed by atoms with Gasteiger partial charge in [0.2, 0.25) is 21.8 Å². The van der Waals surface area contributed by atoms with Crippen molar-refractivity contribution in [3.8, 4) is 0 Å². The van der Waals surface area contributed by atoms with Crippen molar-refractivity contribution in [2.75, 3.05) is 29.9 Å². The number of halogens is 1. The molecular weight excluding hydrogens is 518 g/mol. The predicted molar refractivity (Wildman–Crippen MR) is 136 cm³/mol. The molecule has 182 valence electrons. The van der Waals surface area contributed by atoms with Gasteiger partial charge in [-0.2, -0.15) is 4.31 Å². The van der Waals surface area contributed by atoms with E-state index < -0.39 is 10.0 Å². The molecule has 2 aromatic rings. The summed E-state index contributed by atoms with van der Waals surface area (Å²) in [5.74, 6) is -0.323. The number of nitrogens with zero attached hydrogens (tertiary/aromatic N) is 2. The van der Waals surface area contributed by atoms with Crippen LogP contribution in [0.25, 0.3) is 0 Å². The number of hydrogen-bond donors (Lipinski definition) is 1. The highest BCUT2D eigenvalue weighted by atomic mass is 79.9.